The number of amides is 1. The molecule has 0 spiro atoms. The van der Waals surface area contributed by atoms with Gasteiger partial charge in [-0.05, 0) is 42.4 Å². The van der Waals surface area contributed by atoms with Crippen LogP contribution in [0, 0.1) is 5.92 Å². The summed E-state index contributed by atoms with van der Waals surface area (Å²) in [7, 11) is 0. The quantitative estimate of drug-likeness (QED) is 0.858. The fraction of sp³-hybridized carbons (Fsp3) is 0.533. The van der Waals surface area contributed by atoms with Crippen LogP contribution in [0.4, 0.5) is 0 Å². The van der Waals surface area contributed by atoms with E-state index in [1.807, 2.05) is 18.2 Å². The van der Waals surface area contributed by atoms with Crippen LogP contribution in [0.3, 0.4) is 0 Å². The molecule has 0 aromatic heterocycles. The summed E-state index contributed by atoms with van der Waals surface area (Å²) in [5, 5.41) is 13.0. The maximum atomic E-state index is 11.7. The highest BCUT2D eigenvalue weighted by atomic mass is 16.3. The maximum absolute atomic E-state index is 11.7. The van der Waals surface area contributed by atoms with Crippen LogP contribution in [0.25, 0.3) is 0 Å². The molecule has 3 heteroatoms. The summed E-state index contributed by atoms with van der Waals surface area (Å²) < 4.78 is 0. The van der Waals surface area contributed by atoms with Crippen LogP contribution in [0.2, 0.25) is 0 Å². The maximum Gasteiger partial charge on any atom is 0.251 e. The van der Waals surface area contributed by atoms with Gasteiger partial charge in [-0.15, -0.1) is 0 Å². The Balaban J connectivity index is 2.14. The molecule has 0 fully saturated rings. The van der Waals surface area contributed by atoms with Crippen molar-refractivity contribution in [2.45, 2.75) is 39.2 Å². The molecule has 0 bridgehead atoms. The van der Waals surface area contributed by atoms with Gasteiger partial charge in [0.05, 0.1) is 6.10 Å². The molecular formula is C15H21NO2. The van der Waals surface area contributed by atoms with Crippen LogP contribution in [-0.4, -0.2) is 17.6 Å². The molecule has 1 amide bonds. The van der Waals surface area contributed by atoms with Crippen LogP contribution >= 0.6 is 0 Å². The number of rotatable bonds is 4. The molecule has 2 rings (SSSR count). The Labute approximate surface area is 108 Å². The normalized spacial score (nSPS) is 16.3. The van der Waals surface area contributed by atoms with Crippen molar-refractivity contribution in [1.29, 1.82) is 0 Å². The standard InChI is InChI=1S/C15H21NO2/c1-10(2)3-6-14(17)12-5-4-11-7-8-16-15(18)13(11)9-12/h4-5,9-10,14,17H,3,6-8H2,1-2H3,(H,16,18). The molecule has 0 saturated carbocycles. The zero-order valence-electron chi connectivity index (χ0n) is 11.1. The van der Waals surface area contributed by atoms with E-state index in [1.54, 1.807) is 0 Å². The number of nitrogens with one attached hydrogen (secondary N) is 1. The topological polar surface area (TPSA) is 49.3 Å². The number of benzene rings is 1. The lowest BCUT2D eigenvalue weighted by Crippen LogP contribution is -2.31. The summed E-state index contributed by atoms with van der Waals surface area (Å²) in [6, 6.07) is 5.76. The molecule has 0 radical (unpaired) electrons. The number of hydrogen-bond donors (Lipinski definition) is 2. The molecule has 1 aliphatic rings. The molecule has 98 valence electrons. The Hall–Kier alpha value is -1.35. The molecule has 1 atom stereocenters. The molecule has 2 N–H and O–H groups in total. The van der Waals surface area contributed by atoms with Crippen molar-refractivity contribution in [2.75, 3.05) is 6.54 Å². The molecule has 0 aliphatic carbocycles. The van der Waals surface area contributed by atoms with Crippen LogP contribution < -0.4 is 5.32 Å². The van der Waals surface area contributed by atoms with Gasteiger partial charge in [-0.25, -0.2) is 0 Å². The van der Waals surface area contributed by atoms with Gasteiger partial charge >= 0.3 is 0 Å². The second-order valence-corrected chi connectivity index (χ2v) is 5.41. The summed E-state index contributed by atoms with van der Waals surface area (Å²) in [5.74, 6) is 0.565. The lowest BCUT2D eigenvalue weighted by atomic mass is 9.94. The van der Waals surface area contributed by atoms with E-state index in [0.29, 0.717) is 12.5 Å². The molecule has 1 aromatic carbocycles. The Bertz CT molecular complexity index is 440. The number of fused-ring (bicyclic) bond motifs is 1. The SMILES string of the molecule is CC(C)CCC(O)c1ccc2c(c1)C(=O)NCC2. The van der Waals surface area contributed by atoms with Crippen molar-refractivity contribution >= 4 is 5.91 Å². The van der Waals surface area contributed by atoms with Gasteiger partial charge in [0, 0.05) is 12.1 Å². The van der Waals surface area contributed by atoms with E-state index in [2.05, 4.69) is 19.2 Å². The first-order chi connectivity index (χ1) is 8.58. The first kappa shape index (κ1) is 13.1. The highest BCUT2D eigenvalue weighted by Crippen LogP contribution is 2.24. The summed E-state index contributed by atoms with van der Waals surface area (Å²) >= 11 is 0. The van der Waals surface area contributed by atoms with Gasteiger partial charge in [-0.2, -0.15) is 0 Å². The van der Waals surface area contributed by atoms with Crippen molar-refractivity contribution in [3.63, 3.8) is 0 Å². The Morgan fingerprint density at radius 2 is 2.11 bits per heavy atom. The smallest absolute Gasteiger partial charge is 0.251 e. The minimum atomic E-state index is -0.465. The number of carbonyl (C=O) groups is 1. The molecule has 1 unspecified atom stereocenters. The van der Waals surface area contributed by atoms with E-state index in [0.717, 1.165) is 36.0 Å². The van der Waals surface area contributed by atoms with Crippen molar-refractivity contribution in [1.82, 2.24) is 5.32 Å². The van der Waals surface area contributed by atoms with E-state index in [4.69, 9.17) is 0 Å². The van der Waals surface area contributed by atoms with E-state index < -0.39 is 6.10 Å². The average molecular weight is 247 g/mol. The number of hydrogen-bond acceptors (Lipinski definition) is 2. The summed E-state index contributed by atoms with van der Waals surface area (Å²) in [6.07, 6.45) is 2.15. The Morgan fingerprint density at radius 1 is 1.33 bits per heavy atom. The minimum Gasteiger partial charge on any atom is -0.388 e. The summed E-state index contributed by atoms with van der Waals surface area (Å²) in [5.41, 5.74) is 2.66. The highest BCUT2D eigenvalue weighted by molar-refractivity contribution is 5.96. The van der Waals surface area contributed by atoms with Crippen LogP contribution in [0.1, 0.15) is 54.3 Å². The van der Waals surface area contributed by atoms with Gasteiger partial charge < -0.3 is 10.4 Å². The van der Waals surface area contributed by atoms with Gasteiger partial charge in [0.2, 0.25) is 0 Å². The fourth-order valence-electron chi connectivity index (χ4n) is 2.29. The molecule has 1 aliphatic heterocycles. The third-order valence-corrected chi connectivity index (χ3v) is 3.46. The highest BCUT2D eigenvalue weighted by Gasteiger charge is 2.18. The summed E-state index contributed by atoms with van der Waals surface area (Å²) in [6.45, 7) is 5.00. The number of aliphatic hydroxyl groups is 1. The molecule has 1 heterocycles. The van der Waals surface area contributed by atoms with E-state index in [9.17, 15) is 9.90 Å². The third kappa shape index (κ3) is 2.91. The van der Waals surface area contributed by atoms with Gasteiger partial charge in [-0.1, -0.05) is 26.0 Å². The molecule has 1 aromatic rings. The van der Waals surface area contributed by atoms with Gasteiger partial charge in [-0.3, -0.25) is 4.79 Å². The van der Waals surface area contributed by atoms with Gasteiger partial charge in [0.1, 0.15) is 0 Å². The molecule has 0 saturated heterocycles. The van der Waals surface area contributed by atoms with Gasteiger partial charge in [0.25, 0.3) is 5.91 Å². The van der Waals surface area contributed by atoms with Crippen LogP contribution in [-0.2, 0) is 6.42 Å². The summed E-state index contributed by atoms with van der Waals surface area (Å²) in [4.78, 5) is 11.7. The Kier molecular flexibility index (Phi) is 4.02. The first-order valence-corrected chi connectivity index (χ1v) is 6.67. The van der Waals surface area contributed by atoms with Crippen molar-refractivity contribution in [3.05, 3.63) is 34.9 Å². The zero-order valence-corrected chi connectivity index (χ0v) is 11.1. The second-order valence-electron chi connectivity index (χ2n) is 5.41. The average Bonchev–Trinajstić information content (AvgIpc) is 2.36. The largest absolute Gasteiger partial charge is 0.388 e. The predicted octanol–water partition coefficient (Wildman–Crippen LogP) is 2.44. The minimum absolute atomic E-state index is 0.0193. The van der Waals surface area contributed by atoms with Crippen LogP contribution in [0.5, 0.6) is 0 Å². The molecule has 18 heavy (non-hydrogen) atoms. The predicted molar refractivity (Wildman–Crippen MR) is 71.5 cm³/mol. The van der Waals surface area contributed by atoms with Crippen molar-refractivity contribution in [2.24, 2.45) is 5.92 Å². The zero-order chi connectivity index (χ0) is 13.1. The van der Waals surface area contributed by atoms with E-state index in [1.165, 1.54) is 0 Å². The molecule has 3 nitrogen and oxygen atoms in total. The monoisotopic (exact) mass is 247 g/mol. The number of carbonyl (C=O) groups excluding carboxylic acids is 1. The second kappa shape index (κ2) is 5.53. The lowest BCUT2D eigenvalue weighted by Gasteiger charge is -2.19. The Morgan fingerprint density at radius 3 is 2.83 bits per heavy atom. The van der Waals surface area contributed by atoms with Gasteiger partial charge in [0.15, 0.2) is 0 Å². The van der Waals surface area contributed by atoms with Crippen molar-refractivity contribution < 1.29 is 9.90 Å². The fourth-order valence-corrected chi connectivity index (χ4v) is 2.29. The van der Waals surface area contributed by atoms with E-state index in [-0.39, 0.29) is 5.91 Å². The van der Waals surface area contributed by atoms with E-state index >= 15 is 0 Å². The van der Waals surface area contributed by atoms with Crippen molar-refractivity contribution in [3.8, 4) is 0 Å². The third-order valence-electron chi connectivity index (χ3n) is 3.46. The molecular weight excluding hydrogens is 226 g/mol. The first-order valence-electron chi connectivity index (χ1n) is 6.67. The lowest BCUT2D eigenvalue weighted by molar-refractivity contribution is 0.0945. The van der Waals surface area contributed by atoms with Crippen LogP contribution in [0.15, 0.2) is 18.2 Å². The number of aliphatic hydroxyl groups excluding tert-OH is 1.